The van der Waals surface area contributed by atoms with Crippen molar-refractivity contribution in [3.8, 4) is 0 Å². The van der Waals surface area contributed by atoms with E-state index in [9.17, 15) is 0 Å². The van der Waals surface area contributed by atoms with Crippen molar-refractivity contribution in [3.63, 3.8) is 0 Å². The fraction of sp³-hybridized carbons (Fsp3) is 0.429. The molecule has 3 radical (unpaired) electrons. The van der Waals surface area contributed by atoms with E-state index in [0.717, 1.165) is 0 Å². The van der Waals surface area contributed by atoms with Crippen LogP contribution < -0.4 is 4.50 Å². The Morgan fingerprint density at radius 2 is 1.67 bits per heavy atom. The molecule has 0 spiro atoms. The van der Waals surface area contributed by atoms with Crippen molar-refractivity contribution in [2.24, 2.45) is 0 Å². The first-order valence-electron chi connectivity index (χ1n) is 2.91. The van der Waals surface area contributed by atoms with Crippen molar-refractivity contribution < 1.29 is 0 Å². The van der Waals surface area contributed by atoms with Gasteiger partial charge in [0, 0.05) is 4.88 Å². The molecule has 0 aliphatic rings. The number of hydrogen-bond donors (Lipinski definition) is 0. The summed E-state index contributed by atoms with van der Waals surface area (Å²) in [6, 6.07) is 0. The summed E-state index contributed by atoms with van der Waals surface area (Å²) in [7, 11) is 3.53. The predicted molar refractivity (Wildman–Crippen MR) is 43.9 cm³/mol. The Morgan fingerprint density at radius 1 is 1.11 bits per heavy atom. The summed E-state index contributed by atoms with van der Waals surface area (Å²) in [6.45, 7) is 6.45. The van der Waals surface area contributed by atoms with E-state index < -0.39 is 0 Å². The third-order valence-corrected chi connectivity index (χ3v) is 3.49. The van der Waals surface area contributed by atoms with Crippen molar-refractivity contribution in [3.05, 3.63) is 16.0 Å². The molecule has 0 aliphatic carbocycles. The SMILES string of the molecule is Cc1sc([Si])c(C)c1C. The maximum Gasteiger partial charge on any atom is 0.0868 e. The zero-order valence-electron chi connectivity index (χ0n) is 5.91. The Hall–Kier alpha value is -0.0831. The molecule has 0 saturated heterocycles. The van der Waals surface area contributed by atoms with Gasteiger partial charge in [-0.05, 0) is 36.4 Å². The first-order chi connectivity index (χ1) is 4.13. The van der Waals surface area contributed by atoms with Crippen LogP contribution in [0.5, 0.6) is 0 Å². The second-order valence-corrected chi connectivity index (χ2v) is 4.32. The van der Waals surface area contributed by atoms with Gasteiger partial charge >= 0.3 is 0 Å². The first kappa shape index (κ1) is 7.03. The van der Waals surface area contributed by atoms with Gasteiger partial charge in [-0.1, -0.05) is 0 Å². The molecule has 0 bridgehead atoms. The summed E-state index contributed by atoms with van der Waals surface area (Å²) in [5.41, 5.74) is 2.80. The van der Waals surface area contributed by atoms with Gasteiger partial charge in [-0.3, -0.25) is 0 Å². The van der Waals surface area contributed by atoms with Crippen LogP contribution >= 0.6 is 11.3 Å². The topological polar surface area (TPSA) is 0 Å². The van der Waals surface area contributed by atoms with E-state index in [2.05, 4.69) is 31.0 Å². The molecule has 0 nitrogen and oxygen atoms in total. The third-order valence-electron chi connectivity index (χ3n) is 1.69. The average molecular weight is 153 g/mol. The lowest BCUT2D eigenvalue weighted by Gasteiger charge is -1.88. The summed E-state index contributed by atoms with van der Waals surface area (Å²) in [5, 5.41) is 0. The highest BCUT2D eigenvalue weighted by molar-refractivity contribution is 7.20. The minimum absolute atomic E-state index is 1.27. The monoisotopic (exact) mass is 153 g/mol. The summed E-state index contributed by atoms with van der Waals surface area (Å²) >= 11 is 1.81. The minimum Gasteiger partial charge on any atom is -0.151 e. The molecule has 1 rings (SSSR count). The molecule has 0 atom stereocenters. The Labute approximate surface area is 63.3 Å². The van der Waals surface area contributed by atoms with Crippen LogP contribution in [-0.4, -0.2) is 10.2 Å². The summed E-state index contributed by atoms with van der Waals surface area (Å²) in [4.78, 5) is 1.41. The van der Waals surface area contributed by atoms with Crippen LogP contribution in [0, 0.1) is 20.8 Å². The van der Waals surface area contributed by atoms with Crippen molar-refractivity contribution in [1.29, 1.82) is 0 Å². The van der Waals surface area contributed by atoms with Crippen LogP contribution in [-0.2, 0) is 0 Å². The Kier molecular flexibility index (Phi) is 1.77. The number of hydrogen-bond acceptors (Lipinski definition) is 1. The van der Waals surface area contributed by atoms with E-state index >= 15 is 0 Å². The first-order valence-corrected chi connectivity index (χ1v) is 4.22. The van der Waals surface area contributed by atoms with Crippen molar-refractivity contribution in [1.82, 2.24) is 0 Å². The van der Waals surface area contributed by atoms with Gasteiger partial charge in [0.05, 0.1) is 10.2 Å². The summed E-state index contributed by atoms with van der Waals surface area (Å²) < 4.78 is 1.27. The number of thiophene rings is 1. The van der Waals surface area contributed by atoms with Crippen molar-refractivity contribution in [2.45, 2.75) is 20.8 Å². The van der Waals surface area contributed by atoms with Gasteiger partial charge in [0.1, 0.15) is 0 Å². The molecule has 0 aliphatic heterocycles. The van der Waals surface area contributed by atoms with Crippen LogP contribution in [0.3, 0.4) is 0 Å². The molecule has 1 heterocycles. The molecular formula is C7H9SSi. The molecule has 1 aromatic rings. The average Bonchev–Trinajstić information content (AvgIpc) is 1.98. The highest BCUT2D eigenvalue weighted by Crippen LogP contribution is 2.15. The van der Waals surface area contributed by atoms with Crippen LogP contribution in [0.2, 0.25) is 0 Å². The predicted octanol–water partition coefficient (Wildman–Crippen LogP) is 1.47. The molecule has 9 heavy (non-hydrogen) atoms. The zero-order valence-corrected chi connectivity index (χ0v) is 7.72. The fourth-order valence-corrected chi connectivity index (χ4v) is 2.31. The maximum atomic E-state index is 3.53. The van der Waals surface area contributed by atoms with Crippen LogP contribution in [0.25, 0.3) is 0 Å². The molecule has 0 saturated carbocycles. The normalized spacial score (nSPS) is 10.2. The van der Waals surface area contributed by atoms with Gasteiger partial charge in [0.25, 0.3) is 0 Å². The van der Waals surface area contributed by atoms with Gasteiger partial charge in [-0.2, -0.15) is 11.3 Å². The third kappa shape index (κ3) is 1.09. The molecule has 0 fully saturated rings. The lowest BCUT2D eigenvalue weighted by Crippen LogP contribution is -1.98. The maximum absolute atomic E-state index is 3.53. The van der Waals surface area contributed by atoms with Crippen molar-refractivity contribution >= 4 is 26.1 Å². The van der Waals surface area contributed by atoms with E-state index in [1.54, 1.807) is 0 Å². The van der Waals surface area contributed by atoms with E-state index in [1.165, 1.54) is 20.5 Å². The van der Waals surface area contributed by atoms with E-state index in [0.29, 0.717) is 0 Å². The largest absolute Gasteiger partial charge is 0.151 e. The van der Waals surface area contributed by atoms with Crippen molar-refractivity contribution in [2.75, 3.05) is 0 Å². The second-order valence-electron chi connectivity index (χ2n) is 2.24. The molecule has 0 aromatic carbocycles. The Bertz CT molecular complexity index is 203. The lowest BCUT2D eigenvalue weighted by atomic mass is 10.2. The molecule has 0 amide bonds. The minimum atomic E-state index is 1.27. The lowest BCUT2D eigenvalue weighted by molar-refractivity contribution is 1.36. The molecule has 0 N–H and O–H groups in total. The molecule has 0 unspecified atom stereocenters. The van der Waals surface area contributed by atoms with Crippen LogP contribution in [0.1, 0.15) is 16.0 Å². The van der Waals surface area contributed by atoms with E-state index in [4.69, 9.17) is 0 Å². The fourth-order valence-electron chi connectivity index (χ4n) is 0.741. The molecule has 2 heteroatoms. The van der Waals surface area contributed by atoms with Gasteiger partial charge in [-0.25, -0.2) is 0 Å². The molecule has 47 valence electrons. The zero-order chi connectivity index (χ0) is 7.02. The summed E-state index contributed by atoms with van der Waals surface area (Å²) in [6.07, 6.45) is 0. The Morgan fingerprint density at radius 3 is 1.78 bits per heavy atom. The Balaban J connectivity index is 3.29. The standard InChI is InChI=1S/C7H9SSi/c1-4-5(2)7(9)8-6(4)3/h1-3H3. The quantitative estimate of drug-likeness (QED) is 0.495. The summed E-state index contributed by atoms with van der Waals surface area (Å²) in [5.74, 6) is 0. The molecule has 1 aromatic heterocycles. The van der Waals surface area contributed by atoms with E-state index in [-0.39, 0.29) is 0 Å². The second kappa shape index (κ2) is 2.27. The van der Waals surface area contributed by atoms with Crippen LogP contribution in [0.15, 0.2) is 0 Å². The van der Waals surface area contributed by atoms with Gasteiger partial charge < -0.3 is 0 Å². The van der Waals surface area contributed by atoms with Gasteiger partial charge in [-0.15, -0.1) is 0 Å². The van der Waals surface area contributed by atoms with Crippen LogP contribution in [0.4, 0.5) is 0 Å². The smallest absolute Gasteiger partial charge is 0.0868 e. The number of rotatable bonds is 0. The number of aryl methyl sites for hydroxylation is 1. The van der Waals surface area contributed by atoms with E-state index in [1.807, 2.05) is 11.3 Å². The molecular weight excluding hydrogens is 144 g/mol. The van der Waals surface area contributed by atoms with Gasteiger partial charge in [0.15, 0.2) is 0 Å². The highest BCUT2D eigenvalue weighted by Gasteiger charge is 2.02. The van der Waals surface area contributed by atoms with Gasteiger partial charge in [0.2, 0.25) is 0 Å². The highest BCUT2D eigenvalue weighted by atomic mass is 32.1.